The summed E-state index contributed by atoms with van der Waals surface area (Å²) in [7, 11) is 0. The van der Waals surface area contributed by atoms with Crippen molar-refractivity contribution >= 4 is 0 Å². The molecule has 0 aromatic heterocycles. The third-order valence-corrected chi connectivity index (χ3v) is 6.49. The second-order valence-corrected chi connectivity index (χ2v) is 10.0. The van der Waals surface area contributed by atoms with Crippen molar-refractivity contribution < 1.29 is 0 Å². The topological polar surface area (TPSA) is 0 Å². The van der Waals surface area contributed by atoms with Gasteiger partial charge in [0.1, 0.15) is 0 Å². The van der Waals surface area contributed by atoms with E-state index in [2.05, 4.69) is 92.1 Å². The first-order valence-electron chi connectivity index (χ1n) is 32.4. The van der Waals surface area contributed by atoms with Crippen LogP contribution in [0.3, 0.4) is 0 Å². The number of hydrogen-bond acceptors (Lipinski definition) is 0. The van der Waals surface area contributed by atoms with Crippen LogP contribution in [0.4, 0.5) is 0 Å². The van der Waals surface area contributed by atoms with E-state index in [-0.39, 0.29) is 0 Å². The Morgan fingerprint density at radius 1 is 0.208 bits per heavy atom. The second-order valence-electron chi connectivity index (χ2n) is 10.0. The van der Waals surface area contributed by atoms with Crippen LogP contribution in [0.5, 0.6) is 0 Å². The van der Waals surface area contributed by atoms with Gasteiger partial charge in [-0.2, -0.15) is 0 Å². The Kier molecular flexibility index (Phi) is 533. The molecule has 0 atom stereocenters. The largest absolute Gasteiger partial charge is 0.106 e. The summed E-state index contributed by atoms with van der Waals surface area (Å²) in [5.41, 5.74) is 2.64. The molecule has 0 heteroatoms. The molecule has 2 saturated carbocycles. The monoisotopic (exact) mass is 1040 g/mol. The molecule has 0 spiro atoms. The summed E-state index contributed by atoms with van der Waals surface area (Å²) in [6, 6.07) is 20.5. The fourth-order valence-electron chi connectivity index (χ4n) is 3.92. The molecule has 72 heavy (non-hydrogen) atoms. The average molecular weight is 1040 g/mol. The zero-order valence-electron chi connectivity index (χ0n) is 61.6. The van der Waals surface area contributed by atoms with E-state index in [9.17, 15) is 0 Å². The normalized spacial score (nSPS) is 12.2. The fourth-order valence-corrected chi connectivity index (χ4v) is 3.92. The molecule has 0 unspecified atom stereocenters. The van der Waals surface area contributed by atoms with E-state index < -0.39 is 0 Å². The van der Waals surface area contributed by atoms with Crippen molar-refractivity contribution in [3.05, 3.63) is 98.1 Å². The summed E-state index contributed by atoms with van der Waals surface area (Å²) in [6.07, 6.45) is 11.8. The lowest BCUT2D eigenvalue weighted by Crippen LogP contribution is -2.08. The van der Waals surface area contributed by atoms with Crippen molar-refractivity contribution in [2.24, 2.45) is 23.7 Å². The summed E-state index contributed by atoms with van der Waals surface area (Å²) >= 11 is 0. The van der Waals surface area contributed by atoms with Crippen molar-refractivity contribution in [1.29, 1.82) is 0 Å². The van der Waals surface area contributed by atoms with E-state index in [0.717, 1.165) is 23.7 Å². The molecule has 458 valence electrons. The quantitative estimate of drug-likeness (QED) is 0.231. The summed E-state index contributed by atoms with van der Waals surface area (Å²) in [6.45, 7) is 102. The Hall–Kier alpha value is -2.08. The van der Waals surface area contributed by atoms with E-state index >= 15 is 0 Å². The van der Waals surface area contributed by atoms with Crippen molar-refractivity contribution in [3.8, 4) is 0 Å². The summed E-state index contributed by atoms with van der Waals surface area (Å²) < 4.78 is 0. The van der Waals surface area contributed by atoms with Gasteiger partial charge in [0.15, 0.2) is 0 Å². The predicted octanol–water partition coefficient (Wildman–Crippen LogP) is 30.8. The molecule has 0 bridgehead atoms. The lowest BCUT2D eigenvalue weighted by Gasteiger charge is -2.22. The van der Waals surface area contributed by atoms with Gasteiger partial charge in [0.05, 0.1) is 0 Å². The van der Waals surface area contributed by atoms with E-state index in [1.165, 1.54) is 62.5 Å². The highest BCUT2D eigenvalue weighted by Crippen LogP contribution is 2.27. The molecule has 2 aromatic rings. The standard InChI is InChI=1S/2C8H16.2C7H8.19C2H6.2C2H4/c2*1-7-3-5-8(2)6-4-7;2*1-7-5-3-2-4-6-7;21*1-2/h2*7-8H,3-6H2,1-2H3;2*2-6H,1H3;19*1-2H3;2*1-2H2. The molecule has 0 aliphatic heterocycles. The molecule has 2 aliphatic rings. The van der Waals surface area contributed by atoms with Gasteiger partial charge in [-0.05, 0) is 37.5 Å². The third-order valence-electron chi connectivity index (χ3n) is 6.49. The number of aryl methyl sites for hydroxylation is 2. The van der Waals surface area contributed by atoms with Gasteiger partial charge in [0.25, 0.3) is 0 Å². The van der Waals surface area contributed by atoms with Crippen molar-refractivity contribution in [3.63, 3.8) is 0 Å². The van der Waals surface area contributed by atoms with Crippen LogP contribution in [0, 0.1) is 37.5 Å². The van der Waals surface area contributed by atoms with Crippen molar-refractivity contribution in [1.82, 2.24) is 0 Å². The van der Waals surface area contributed by atoms with Crippen molar-refractivity contribution in [2.45, 2.75) is 356 Å². The summed E-state index contributed by atoms with van der Waals surface area (Å²) in [5, 5.41) is 0. The molecule has 0 radical (unpaired) electrons. The first-order valence-corrected chi connectivity index (χ1v) is 32.4. The van der Waals surface area contributed by atoms with Gasteiger partial charge in [0, 0.05) is 0 Å². The minimum Gasteiger partial charge on any atom is -0.106 e. The summed E-state index contributed by atoms with van der Waals surface area (Å²) in [4.78, 5) is 0. The van der Waals surface area contributed by atoms with Crippen LogP contribution < -0.4 is 0 Å². The number of rotatable bonds is 0. The lowest BCUT2D eigenvalue weighted by atomic mass is 9.84. The van der Waals surface area contributed by atoms with Crippen LogP contribution in [0.25, 0.3) is 0 Å². The van der Waals surface area contributed by atoms with Crippen LogP contribution in [0.2, 0.25) is 0 Å². The molecule has 0 N–H and O–H groups in total. The molecule has 0 nitrogen and oxygen atoms in total. The SMILES string of the molecule is C=C.C=C.CC.CC.CC.CC.CC.CC.CC.CC.CC.CC.CC.CC.CC.CC.CC.CC.CC.CC.CC.CC1CCC(C)CC1.CC1CCC(C)CC1.Cc1ccccc1.Cc1ccccc1. The highest BCUT2D eigenvalue weighted by molar-refractivity contribution is 5.12. The molecule has 4 rings (SSSR count). The van der Waals surface area contributed by atoms with Crippen molar-refractivity contribution in [2.75, 3.05) is 0 Å². The van der Waals surface area contributed by atoms with Gasteiger partial charge in [0.2, 0.25) is 0 Å². The Balaban J connectivity index is -0.0000000205. The third kappa shape index (κ3) is 264. The lowest BCUT2D eigenvalue weighted by molar-refractivity contribution is 0.308. The minimum atomic E-state index is 1.02. The smallest absolute Gasteiger partial charge is 0.0398 e. The van der Waals surface area contributed by atoms with Crippen LogP contribution in [-0.4, -0.2) is 0 Å². The molecule has 2 fully saturated rings. The fraction of sp³-hybridized carbons (Fsp3) is 0.778. The molecular weight excluding hydrogens is 865 g/mol. The zero-order valence-corrected chi connectivity index (χ0v) is 61.6. The molecule has 0 heterocycles. The zero-order chi connectivity index (χ0) is 64.2. The van der Waals surface area contributed by atoms with Gasteiger partial charge in [-0.3, -0.25) is 0 Å². The Bertz CT molecular complexity index is 549. The Labute approximate surface area is 475 Å². The highest BCUT2D eigenvalue weighted by atomic mass is 14.2. The molecule has 0 amide bonds. The van der Waals surface area contributed by atoms with Gasteiger partial charge in [-0.1, -0.05) is 414 Å². The Morgan fingerprint density at radius 3 is 0.347 bits per heavy atom. The van der Waals surface area contributed by atoms with Gasteiger partial charge in [-0.25, -0.2) is 0 Å². The number of benzene rings is 2. The first-order chi connectivity index (χ1) is 35.4. The van der Waals surface area contributed by atoms with E-state index in [1.807, 2.05) is 300 Å². The molecule has 2 aliphatic carbocycles. The molecule has 0 saturated heterocycles. The minimum absolute atomic E-state index is 1.02. The van der Waals surface area contributed by atoms with Crippen LogP contribution in [0.15, 0.2) is 87.0 Å². The van der Waals surface area contributed by atoms with Gasteiger partial charge < -0.3 is 0 Å². The van der Waals surface area contributed by atoms with Crippen LogP contribution >= 0.6 is 0 Å². The van der Waals surface area contributed by atoms with Gasteiger partial charge in [-0.15, -0.1) is 26.3 Å². The second kappa shape index (κ2) is 276. The van der Waals surface area contributed by atoms with E-state index in [1.54, 1.807) is 0 Å². The predicted molar refractivity (Wildman–Crippen MR) is 374 cm³/mol. The van der Waals surface area contributed by atoms with Gasteiger partial charge >= 0.3 is 0 Å². The van der Waals surface area contributed by atoms with Crippen LogP contribution in [0.1, 0.15) is 353 Å². The Morgan fingerprint density at radius 2 is 0.292 bits per heavy atom. The maximum Gasteiger partial charge on any atom is -0.0398 e. The van der Waals surface area contributed by atoms with E-state index in [0.29, 0.717) is 0 Å². The number of hydrogen-bond donors (Lipinski definition) is 0. The highest BCUT2D eigenvalue weighted by Gasteiger charge is 2.13. The van der Waals surface area contributed by atoms with E-state index in [4.69, 9.17) is 0 Å². The molecule has 2 aromatic carbocycles. The molecular formula is C72H170. The average Bonchev–Trinajstić information content (AvgIpc) is 3.54. The summed E-state index contributed by atoms with van der Waals surface area (Å²) in [5.74, 6) is 4.08. The maximum absolute atomic E-state index is 3.00. The maximum atomic E-state index is 3.00. The first kappa shape index (κ1) is 139. The van der Waals surface area contributed by atoms with Crippen LogP contribution in [-0.2, 0) is 0 Å².